The van der Waals surface area contributed by atoms with Crippen LogP contribution in [-0.4, -0.2) is 8.07 Å². The van der Waals surface area contributed by atoms with Crippen LogP contribution in [0.2, 0.25) is 13.1 Å². The smallest absolute Gasteiger partial charge is 0.0622 e. The van der Waals surface area contributed by atoms with Crippen LogP contribution < -0.4 is 10.4 Å². The Labute approximate surface area is 265 Å². The predicted molar refractivity (Wildman–Crippen MR) is 197 cm³/mol. The van der Waals surface area contributed by atoms with Gasteiger partial charge in [0.15, 0.2) is 0 Å². The molecule has 0 atom stereocenters. The zero-order chi connectivity index (χ0) is 30.1. The molecule has 0 bridgehead atoms. The van der Waals surface area contributed by atoms with Crippen molar-refractivity contribution in [3.05, 3.63) is 158 Å². The van der Waals surface area contributed by atoms with Gasteiger partial charge in [-0.05, 0) is 93.3 Å². The van der Waals surface area contributed by atoms with E-state index < -0.39 is 8.07 Å². The van der Waals surface area contributed by atoms with Gasteiger partial charge in [-0.25, -0.2) is 0 Å². The van der Waals surface area contributed by atoms with E-state index in [9.17, 15) is 0 Å². The second-order valence-corrected chi connectivity index (χ2v) is 17.2. The van der Waals surface area contributed by atoms with Crippen molar-refractivity contribution in [2.24, 2.45) is 0 Å². The Morgan fingerprint density at radius 2 is 0.911 bits per heavy atom. The molecule has 0 amide bonds. The third-order valence-corrected chi connectivity index (χ3v) is 13.6. The third kappa shape index (κ3) is 3.91. The first-order valence-electron chi connectivity index (χ1n) is 15.9. The molecule has 0 N–H and O–H groups in total. The van der Waals surface area contributed by atoms with Crippen LogP contribution in [0.25, 0.3) is 76.8 Å². The molecule has 0 unspecified atom stereocenters. The average molecular weight is 589 g/mol. The second kappa shape index (κ2) is 9.89. The minimum Gasteiger partial charge on any atom is -0.0622 e. The quantitative estimate of drug-likeness (QED) is 0.142. The predicted octanol–water partition coefficient (Wildman–Crippen LogP) is 11.0. The van der Waals surface area contributed by atoms with Gasteiger partial charge >= 0.3 is 0 Å². The SMILES string of the molecule is C[Si]1(C)c2cc(-c3ccccc3)ccc2-c2cc3c(-c4cccc5ccccc45)c4ccccc4c(-c4ccccc4)c3cc21. The zero-order valence-electron chi connectivity index (χ0n) is 25.5. The van der Waals surface area contributed by atoms with Crippen LogP contribution in [-0.2, 0) is 0 Å². The highest BCUT2D eigenvalue weighted by molar-refractivity contribution is 7.04. The minimum absolute atomic E-state index is 1.27. The monoisotopic (exact) mass is 588 g/mol. The fourth-order valence-corrected chi connectivity index (χ4v) is 10.9. The number of rotatable bonds is 3. The molecule has 1 heterocycles. The van der Waals surface area contributed by atoms with E-state index in [1.54, 1.807) is 0 Å². The van der Waals surface area contributed by atoms with Crippen molar-refractivity contribution in [3.63, 3.8) is 0 Å². The van der Waals surface area contributed by atoms with Gasteiger partial charge in [0.25, 0.3) is 0 Å². The first-order valence-corrected chi connectivity index (χ1v) is 18.9. The fourth-order valence-electron chi connectivity index (χ4n) is 7.86. The van der Waals surface area contributed by atoms with Gasteiger partial charge in [-0.2, -0.15) is 0 Å². The summed E-state index contributed by atoms with van der Waals surface area (Å²) in [4.78, 5) is 0. The van der Waals surface area contributed by atoms with E-state index in [0.29, 0.717) is 0 Å². The molecule has 0 radical (unpaired) electrons. The molecule has 212 valence electrons. The summed E-state index contributed by atoms with van der Waals surface area (Å²) < 4.78 is 0. The highest BCUT2D eigenvalue weighted by Crippen LogP contribution is 2.47. The maximum atomic E-state index is 2.59. The lowest BCUT2D eigenvalue weighted by Crippen LogP contribution is -2.49. The number of benzene rings is 8. The minimum atomic E-state index is -1.99. The maximum absolute atomic E-state index is 2.59. The lowest BCUT2D eigenvalue weighted by Gasteiger charge is -2.23. The van der Waals surface area contributed by atoms with Crippen molar-refractivity contribution in [1.29, 1.82) is 0 Å². The van der Waals surface area contributed by atoms with Crippen LogP contribution in [0.1, 0.15) is 0 Å². The Bertz CT molecular complexity index is 2430. The molecule has 0 saturated heterocycles. The highest BCUT2D eigenvalue weighted by atomic mass is 28.3. The summed E-state index contributed by atoms with van der Waals surface area (Å²) in [5.74, 6) is 0. The topological polar surface area (TPSA) is 0 Å². The van der Waals surface area contributed by atoms with Gasteiger partial charge in [0.1, 0.15) is 8.07 Å². The van der Waals surface area contributed by atoms with E-state index in [1.165, 1.54) is 87.2 Å². The van der Waals surface area contributed by atoms with E-state index in [1.807, 2.05) is 0 Å². The van der Waals surface area contributed by atoms with Gasteiger partial charge < -0.3 is 0 Å². The molecule has 0 fully saturated rings. The first kappa shape index (κ1) is 26.2. The number of fused-ring (bicyclic) bond motifs is 6. The van der Waals surface area contributed by atoms with Crippen LogP contribution >= 0.6 is 0 Å². The summed E-state index contributed by atoms with van der Waals surface area (Å²) in [5.41, 5.74) is 10.6. The van der Waals surface area contributed by atoms with Crippen LogP contribution in [0.4, 0.5) is 0 Å². The first-order chi connectivity index (χ1) is 22.1. The Morgan fingerprint density at radius 3 is 1.67 bits per heavy atom. The van der Waals surface area contributed by atoms with Crippen molar-refractivity contribution >= 4 is 50.8 Å². The summed E-state index contributed by atoms with van der Waals surface area (Å²) in [6, 6.07) is 58.8. The molecule has 0 nitrogen and oxygen atoms in total. The molecule has 0 aliphatic carbocycles. The van der Waals surface area contributed by atoms with Crippen molar-refractivity contribution in [3.8, 4) is 44.5 Å². The van der Waals surface area contributed by atoms with E-state index in [0.717, 1.165) is 0 Å². The van der Waals surface area contributed by atoms with E-state index >= 15 is 0 Å². The van der Waals surface area contributed by atoms with Gasteiger partial charge in [-0.3, -0.25) is 0 Å². The summed E-state index contributed by atoms with van der Waals surface area (Å²) in [7, 11) is -1.99. The normalized spacial score (nSPS) is 13.3. The van der Waals surface area contributed by atoms with E-state index in [2.05, 4.69) is 171 Å². The largest absolute Gasteiger partial charge is 0.113 e. The van der Waals surface area contributed by atoms with Gasteiger partial charge in [-0.15, -0.1) is 0 Å². The standard InChI is InChI=1S/C44H32Si/c1-45(2)41-26-32(29-14-5-3-6-15-29)24-25-34(41)38-27-39-40(28-42(38)45)43(31-17-7-4-8-18-31)36-21-11-12-22-37(36)44(39)35-23-13-19-30-16-9-10-20-33(30)35/h3-28H,1-2H3. The van der Waals surface area contributed by atoms with E-state index in [4.69, 9.17) is 0 Å². The molecule has 0 aromatic heterocycles. The fraction of sp³-hybridized carbons (Fsp3) is 0.0455. The summed E-state index contributed by atoms with van der Waals surface area (Å²) in [5, 5.41) is 10.9. The molecule has 1 aliphatic heterocycles. The Morgan fingerprint density at radius 1 is 0.333 bits per heavy atom. The molecular weight excluding hydrogens is 557 g/mol. The second-order valence-electron chi connectivity index (χ2n) is 12.9. The molecule has 1 heteroatoms. The van der Waals surface area contributed by atoms with Gasteiger partial charge in [0.2, 0.25) is 0 Å². The molecule has 9 rings (SSSR count). The molecule has 0 saturated carbocycles. The Hall–Kier alpha value is -5.24. The van der Waals surface area contributed by atoms with Crippen LogP contribution in [0.15, 0.2) is 158 Å². The van der Waals surface area contributed by atoms with Crippen molar-refractivity contribution in [1.82, 2.24) is 0 Å². The van der Waals surface area contributed by atoms with Gasteiger partial charge in [-0.1, -0.05) is 165 Å². The molecular formula is C44H32Si. The summed E-state index contributed by atoms with van der Waals surface area (Å²) in [6.07, 6.45) is 0. The lowest BCUT2D eigenvalue weighted by molar-refractivity contribution is 1.63. The highest BCUT2D eigenvalue weighted by Gasteiger charge is 2.38. The van der Waals surface area contributed by atoms with Crippen LogP contribution in [0.3, 0.4) is 0 Å². The van der Waals surface area contributed by atoms with Crippen molar-refractivity contribution < 1.29 is 0 Å². The molecule has 8 aromatic rings. The number of hydrogen-bond acceptors (Lipinski definition) is 0. The molecule has 8 aromatic carbocycles. The number of hydrogen-bond donors (Lipinski definition) is 0. The third-order valence-electron chi connectivity index (χ3n) is 10.0. The maximum Gasteiger partial charge on any atom is 0.113 e. The van der Waals surface area contributed by atoms with E-state index in [-0.39, 0.29) is 0 Å². The van der Waals surface area contributed by atoms with Crippen LogP contribution in [0.5, 0.6) is 0 Å². The summed E-state index contributed by atoms with van der Waals surface area (Å²) in [6.45, 7) is 5.07. The van der Waals surface area contributed by atoms with Gasteiger partial charge in [0.05, 0.1) is 0 Å². The Balaban J connectivity index is 1.43. The molecule has 45 heavy (non-hydrogen) atoms. The Kier molecular flexibility index (Phi) is 5.75. The lowest BCUT2D eigenvalue weighted by atomic mass is 9.83. The van der Waals surface area contributed by atoms with Crippen LogP contribution in [0, 0.1) is 0 Å². The average Bonchev–Trinajstić information content (AvgIpc) is 3.31. The molecule has 1 aliphatic rings. The summed E-state index contributed by atoms with van der Waals surface area (Å²) >= 11 is 0. The molecule has 0 spiro atoms. The van der Waals surface area contributed by atoms with Crippen molar-refractivity contribution in [2.45, 2.75) is 13.1 Å². The van der Waals surface area contributed by atoms with Gasteiger partial charge in [0, 0.05) is 0 Å². The zero-order valence-corrected chi connectivity index (χ0v) is 26.5. The van der Waals surface area contributed by atoms with Crippen molar-refractivity contribution in [2.75, 3.05) is 0 Å².